The van der Waals surface area contributed by atoms with E-state index in [-0.39, 0.29) is 38.9 Å². The molecule has 2 aromatic heterocycles. The molecular weight excluding hydrogens is 613 g/mol. The number of benzene rings is 1. The van der Waals surface area contributed by atoms with Gasteiger partial charge in [-0.05, 0) is 70.0 Å². The molecule has 2 atom stereocenters. The molecule has 14 heteroatoms. The van der Waals surface area contributed by atoms with Crippen LogP contribution in [0, 0.1) is 0 Å². The number of hydrogen-bond acceptors (Lipinski definition) is 9. The molecule has 2 aliphatic heterocycles. The van der Waals surface area contributed by atoms with Crippen LogP contribution in [0.25, 0.3) is 10.6 Å². The first kappa shape index (κ1) is 30.8. The van der Waals surface area contributed by atoms with E-state index >= 15 is 0 Å². The molecular formula is C30H35F3N6O3S2. The molecule has 1 saturated carbocycles. The predicted octanol–water partition coefficient (Wildman–Crippen LogP) is 5.45. The van der Waals surface area contributed by atoms with Crippen molar-refractivity contribution in [2.75, 3.05) is 42.7 Å². The molecule has 236 valence electrons. The van der Waals surface area contributed by atoms with Crippen molar-refractivity contribution in [3.8, 4) is 10.6 Å². The summed E-state index contributed by atoms with van der Waals surface area (Å²) < 4.78 is 68.7. The first-order valence-corrected chi connectivity index (χ1v) is 17.2. The third-order valence-corrected chi connectivity index (χ3v) is 11.8. The number of sulfone groups is 1. The number of fused-ring (bicyclic) bond motifs is 1. The molecule has 0 unspecified atom stereocenters. The molecule has 0 radical (unpaired) electrons. The van der Waals surface area contributed by atoms with E-state index in [9.17, 15) is 26.4 Å². The lowest BCUT2D eigenvalue weighted by Gasteiger charge is -2.43. The van der Waals surface area contributed by atoms with Crippen LogP contribution in [0.15, 0.2) is 35.4 Å². The highest BCUT2D eigenvalue weighted by molar-refractivity contribution is 7.91. The second-order valence-electron chi connectivity index (χ2n) is 11.9. The van der Waals surface area contributed by atoms with Gasteiger partial charge in [0.05, 0.1) is 21.2 Å². The number of hydrogen-bond donors (Lipinski definition) is 1. The lowest BCUT2D eigenvalue weighted by molar-refractivity contribution is -0.137. The number of halogens is 3. The number of carbonyl (C=O) groups is 1. The van der Waals surface area contributed by atoms with E-state index in [1.165, 1.54) is 4.90 Å². The Kier molecular flexibility index (Phi) is 7.90. The van der Waals surface area contributed by atoms with Gasteiger partial charge in [-0.15, -0.1) is 11.3 Å². The van der Waals surface area contributed by atoms with E-state index in [0.29, 0.717) is 30.4 Å². The number of rotatable bonds is 6. The van der Waals surface area contributed by atoms with Crippen molar-refractivity contribution in [1.82, 2.24) is 19.8 Å². The zero-order chi connectivity index (χ0) is 31.6. The van der Waals surface area contributed by atoms with E-state index in [2.05, 4.69) is 52.0 Å². The monoisotopic (exact) mass is 648 g/mol. The molecule has 1 saturated heterocycles. The largest absolute Gasteiger partial charge is 0.420 e. The number of aryl methyl sites for hydroxylation is 1. The van der Waals surface area contributed by atoms with Gasteiger partial charge in [-0.1, -0.05) is 6.92 Å². The van der Waals surface area contributed by atoms with Crippen LogP contribution in [0.1, 0.15) is 54.4 Å². The number of nitrogens with zero attached hydrogens (tertiary/aromatic N) is 5. The lowest BCUT2D eigenvalue weighted by atomic mass is 10.1. The topological polar surface area (TPSA) is 98.7 Å². The smallest absolute Gasteiger partial charge is 0.368 e. The van der Waals surface area contributed by atoms with Crippen molar-refractivity contribution < 1.29 is 26.4 Å². The summed E-state index contributed by atoms with van der Waals surface area (Å²) in [7, 11) is -1.75. The summed E-state index contributed by atoms with van der Waals surface area (Å²) in [6, 6.07) is 7.84. The maximum absolute atomic E-state index is 14.2. The van der Waals surface area contributed by atoms with Crippen molar-refractivity contribution in [1.29, 1.82) is 0 Å². The number of alkyl halides is 3. The predicted molar refractivity (Wildman–Crippen MR) is 164 cm³/mol. The van der Waals surface area contributed by atoms with Gasteiger partial charge in [0.15, 0.2) is 9.84 Å². The fourth-order valence-corrected chi connectivity index (χ4v) is 8.85. The van der Waals surface area contributed by atoms with Gasteiger partial charge in [0.2, 0.25) is 5.95 Å². The highest BCUT2D eigenvalue weighted by Crippen LogP contribution is 2.43. The van der Waals surface area contributed by atoms with E-state index < -0.39 is 33.2 Å². The van der Waals surface area contributed by atoms with Gasteiger partial charge in [0.25, 0.3) is 5.91 Å². The number of piperazine rings is 1. The van der Waals surface area contributed by atoms with Crippen LogP contribution in [0.5, 0.6) is 0 Å². The number of likely N-dealkylation sites (N-methyl/N-ethyl adjacent to an activating group) is 1. The van der Waals surface area contributed by atoms with Gasteiger partial charge in [0, 0.05) is 55.3 Å². The van der Waals surface area contributed by atoms with Gasteiger partial charge >= 0.3 is 6.18 Å². The molecule has 0 bridgehead atoms. The van der Waals surface area contributed by atoms with Gasteiger partial charge in [-0.2, -0.15) is 13.2 Å². The highest BCUT2D eigenvalue weighted by Gasteiger charge is 2.42. The molecule has 2 fully saturated rings. The Morgan fingerprint density at radius 2 is 1.82 bits per heavy atom. The van der Waals surface area contributed by atoms with Crippen LogP contribution in [0.2, 0.25) is 0 Å². The van der Waals surface area contributed by atoms with E-state index in [0.717, 1.165) is 54.6 Å². The second kappa shape index (κ2) is 11.3. The van der Waals surface area contributed by atoms with Crippen molar-refractivity contribution in [2.45, 2.75) is 69.2 Å². The van der Waals surface area contributed by atoms with E-state index in [1.54, 1.807) is 0 Å². The molecule has 3 aliphatic rings. The van der Waals surface area contributed by atoms with Crippen LogP contribution in [-0.4, -0.2) is 84.7 Å². The van der Waals surface area contributed by atoms with E-state index in [4.69, 9.17) is 0 Å². The van der Waals surface area contributed by atoms with Crippen LogP contribution in [-0.2, 0) is 22.4 Å². The van der Waals surface area contributed by atoms with Crippen molar-refractivity contribution in [2.24, 2.45) is 0 Å². The van der Waals surface area contributed by atoms with Gasteiger partial charge in [0.1, 0.15) is 10.4 Å². The Morgan fingerprint density at radius 3 is 2.45 bits per heavy atom. The summed E-state index contributed by atoms with van der Waals surface area (Å²) in [6.45, 7) is 8.22. The molecule has 9 nitrogen and oxygen atoms in total. The lowest BCUT2D eigenvalue weighted by Crippen LogP contribution is -2.55. The SMILES string of the molecule is CCc1cc(N2C[C@H](C)N(C)[C@@H](C)C2)ccc1Nc1ncc(C(F)(F)F)c(-c2cc3c(s2)C(=O)N(C2CC2)CCS3(=O)=O)n1. The summed E-state index contributed by atoms with van der Waals surface area (Å²) in [4.78, 5) is 27.4. The van der Waals surface area contributed by atoms with Gasteiger partial charge in [-0.25, -0.2) is 18.4 Å². The van der Waals surface area contributed by atoms with Gasteiger partial charge in [-0.3, -0.25) is 9.69 Å². The van der Waals surface area contributed by atoms with Crippen LogP contribution in [0.4, 0.5) is 30.5 Å². The quantitative estimate of drug-likeness (QED) is 0.377. The highest BCUT2D eigenvalue weighted by atomic mass is 32.2. The minimum absolute atomic E-state index is 0.0306. The Labute approximate surface area is 259 Å². The Balaban J connectivity index is 1.35. The Bertz CT molecular complexity index is 1690. The summed E-state index contributed by atoms with van der Waals surface area (Å²) in [5.74, 6) is -0.796. The first-order chi connectivity index (χ1) is 20.8. The van der Waals surface area contributed by atoms with Crippen molar-refractivity contribution in [3.63, 3.8) is 0 Å². The maximum atomic E-state index is 14.2. The molecule has 0 spiro atoms. The first-order valence-electron chi connectivity index (χ1n) is 14.8. The average molecular weight is 649 g/mol. The third kappa shape index (κ3) is 5.79. The molecule has 1 aromatic carbocycles. The molecule has 4 heterocycles. The summed E-state index contributed by atoms with van der Waals surface area (Å²) in [5, 5.41) is 3.09. The molecule has 1 N–H and O–H groups in total. The molecule has 1 amide bonds. The van der Waals surface area contributed by atoms with Crippen molar-refractivity contribution in [3.05, 3.63) is 46.5 Å². The summed E-state index contributed by atoms with van der Waals surface area (Å²) in [5.41, 5.74) is 1.11. The fraction of sp³-hybridized carbons (Fsp3) is 0.500. The minimum Gasteiger partial charge on any atom is -0.368 e. The van der Waals surface area contributed by atoms with Crippen LogP contribution in [0.3, 0.4) is 0 Å². The summed E-state index contributed by atoms with van der Waals surface area (Å²) in [6.07, 6.45) is -1.86. The summed E-state index contributed by atoms with van der Waals surface area (Å²) >= 11 is 0.735. The molecule has 1 aliphatic carbocycles. The Morgan fingerprint density at radius 1 is 1.11 bits per heavy atom. The zero-order valence-corrected chi connectivity index (χ0v) is 26.6. The molecule has 44 heavy (non-hydrogen) atoms. The Hall–Kier alpha value is -3.23. The second-order valence-corrected chi connectivity index (χ2v) is 15.0. The number of anilines is 3. The van der Waals surface area contributed by atoms with Crippen LogP contribution >= 0.6 is 11.3 Å². The van der Waals surface area contributed by atoms with Crippen molar-refractivity contribution >= 4 is 44.4 Å². The fourth-order valence-electron chi connectivity index (χ4n) is 5.93. The third-order valence-electron chi connectivity index (χ3n) is 8.85. The number of thiophene rings is 1. The van der Waals surface area contributed by atoms with Crippen LogP contribution < -0.4 is 10.2 Å². The number of aromatic nitrogens is 2. The minimum atomic E-state index is -4.80. The number of nitrogens with one attached hydrogen (secondary N) is 1. The number of carbonyl (C=O) groups excluding carboxylic acids is 1. The average Bonchev–Trinajstić information content (AvgIpc) is 3.71. The standard InChI is InChI=1S/C30H35F3N6O3S2/c1-5-19-12-21(38-15-17(2)37(4)18(3)16-38)8-9-23(19)35-29-34-14-22(30(31,32)33)26(36-29)24-13-25-27(43-24)28(40)39(20-6-7-20)10-11-44(25,41)42/h8-9,12-14,17-18,20H,5-7,10-11,15-16H2,1-4H3,(H,34,35,36)/t17-,18-/m0/s1. The number of amides is 1. The molecule has 6 rings (SSSR count). The normalized spacial score (nSPS) is 22.6. The van der Waals surface area contributed by atoms with Gasteiger partial charge < -0.3 is 15.1 Å². The van der Waals surface area contributed by atoms with E-state index in [1.807, 2.05) is 19.1 Å². The molecule has 3 aromatic rings. The maximum Gasteiger partial charge on any atom is 0.420 e. The zero-order valence-electron chi connectivity index (χ0n) is 25.0.